The van der Waals surface area contributed by atoms with E-state index in [2.05, 4.69) is 22.7 Å². The molecule has 1 aliphatic heterocycles. The Morgan fingerprint density at radius 1 is 1.69 bits per heavy atom. The quantitative estimate of drug-likeness (QED) is 0.621. The fourth-order valence-electron chi connectivity index (χ4n) is 1.81. The molecule has 84 valence electrons. The van der Waals surface area contributed by atoms with Gasteiger partial charge in [0.1, 0.15) is 0 Å². The molecule has 0 saturated heterocycles. The average molecular weight is 234 g/mol. The first-order valence-electron chi connectivity index (χ1n) is 5.28. The molecule has 4 heteroatoms. The molecule has 1 N–H and O–H groups in total. The largest absolute Gasteiger partial charge is 0.337 e. The molecule has 0 fully saturated rings. The van der Waals surface area contributed by atoms with E-state index in [0.29, 0.717) is 13.1 Å². The molecule has 0 radical (unpaired) electrons. The summed E-state index contributed by atoms with van der Waals surface area (Å²) in [7, 11) is 0. The normalized spacial score (nSPS) is 14.3. The first-order valence-corrected chi connectivity index (χ1v) is 6.16. The summed E-state index contributed by atoms with van der Waals surface area (Å²) in [5, 5.41) is 5.02. The van der Waals surface area contributed by atoms with E-state index < -0.39 is 0 Å². The molecule has 16 heavy (non-hydrogen) atoms. The van der Waals surface area contributed by atoms with Crippen molar-refractivity contribution in [2.24, 2.45) is 0 Å². The number of fused-ring (bicyclic) bond motifs is 1. The van der Waals surface area contributed by atoms with Crippen LogP contribution >= 0.6 is 11.3 Å². The van der Waals surface area contributed by atoms with Gasteiger partial charge in [-0.15, -0.1) is 17.8 Å². The van der Waals surface area contributed by atoms with Crippen molar-refractivity contribution >= 4 is 17.2 Å². The Kier molecular flexibility index (Phi) is 3.60. The van der Waals surface area contributed by atoms with Crippen LogP contribution in [0, 0.1) is 12.3 Å². The van der Waals surface area contributed by atoms with Gasteiger partial charge in [-0.05, 0) is 23.4 Å². The zero-order valence-electron chi connectivity index (χ0n) is 9.03. The van der Waals surface area contributed by atoms with Crippen molar-refractivity contribution in [1.29, 1.82) is 0 Å². The van der Waals surface area contributed by atoms with E-state index in [1.54, 1.807) is 11.3 Å². The minimum atomic E-state index is 0.132. The molecule has 0 saturated carbocycles. The molecule has 1 aromatic heterocycles. The lowest BCUT2D eigenvalue weighted by Gasteiger charge is -2.27. The third kappa shape index (κ3) is 2.43. The first-order chi connectivity index (χ1) is 7.81. The van der Waals surface area contributed by atoms with Gasteiger partial charge in [0.25, 0.3) is 0 Å². The number of amides is 1. The molecule has 1 amide bonds. The van der Waals surface area contributed by atoms with Crippen molar-refractivity contribution in [1.82, 2.24) is 10.2 Å². The standard InChI is InChI=1S/C12H14N2OS/c1-2-5-13-8-12(15)14-6-3-11-10(9-14)4-7-16-11/h1,4,7,13H,3,5-6,8-9H2. The Labute approximate surface area is 99.5 Å². The smallest absolute Gasteiger partial charge is 0.236 e. The summed E-state index contributed by atoms with van der Waals surface area (Å²) in [6.07, 6.45) is 6.09. The second-order valence-corrected chi connectivity index (χ2v) is 4.74. The van der Waals surface area contributed by atoms with Crippen LogP contribution in [0.1, 0.15) is 10.4 Å². The summed E-state index contributed by atoms with van der Waals surface area (Å²) in [6.45, 7) is 2.35. The number of nitrogens with zero attached hydrogens (tertiary/aromatic N) is 1. The second kappa shape index (κ2) is 5.15. The van der Waals surface area contributed by atoms with E-state index in [1.165, 1.54) is 10.4 Å². The van der Waals surface area contributed by atoms with Crippen molar-refractivity contribution in [3.05, 3.63) is 21.9 Å². The Morgan fingerprint density at radius 3 is 3.38 bits per heavy atom. The highest BCUT2D eigenvalue weighted by Crippen LogP contribution is 2.23. The number of rotatable bonds is 3. The summed E-state index contributed by atoms with van der Waals surface area (Å²) in [5.74, 6) is 2.59. The summed E-state index contributed by atoms with van der Waals surface area (Å²) in [5.41, 5.74) is 1.29. The van der Waals surface area contributed by atoms with E-state index >= 15 is 0 Å². The fraction of sp³-hybridized carbons (Fsp3) is 0.417. The zero-order chi connectivity index (χ0) is 11.4. The van der Waals surface area contributed by atoms with Gasteiger partial charge >= 0.3 is 0 Å². The first kappa shape index (κ1) is 11.2. The van der Waals surface area contributed by atoms with Gasteiger partial charge in [-0.1, -0.05) is 5.92 Å². The number of hydrogen-bond acceptors (Lipinski definition) is 3. The Bertz CT molecular complexity index is 419. The minimum Gasteiger partial charge on any atom is -0.337 e. The number of carbonyl (C=O) groups is 1. The summed E-state index contributed by atoms with van der Waals surface area (Å²) in [6, 6.07) is 2.11. The van der Waals surface area contributed by atoms with Crippen molar-refractivity contribution in [2.45, 2.75) is 13.0 Å². The van der Waals surface area contributed by atoms with Crippen molar-refractivity contribution in [3.63, 3.8) is 0 Å². The Hall–Kier alpha value is -1.31. The fourth-order valence-corrected chi connectivity index (χ4v) is 2.70. The van der Waals surface area contributed by atoms with Gasteiger partial charge < -0.3 is 4.90 Å². The lowest BCUT2D eigenvalue weighted by Crippen LogP contribution is -2.40. The van der Waals surface area contributed by atoms with Crippen molar-refractivity contribution in [3.8, 4) is 12.3 Å². The number of hydrogen-bond donors (Lipinski definition) is 1. The molecule has 0 spiro atoms. The maximum absolute atomic E-state index is 11.8. The van der Waals surface area contributed by atoms with Gasteiger partial charge in [0, 0.05) is 18.0 Å². The molecular weight excluding hydrogens is 220 g/mol. The van der Waals surface area contributed by atoms with Crippen LogP contribution in [-0.4, -0.2) is 30.4 Å². The Morgan fingerprint density at radius 2 is 2.56 bits per heavy atom. The minimum absolute atomic E-state index is 0.132. The average Bonchev–Trinajstić information content (AvgIpc) is 2.76. The summed E-state index contributed by atoms with van der Waals surface area (Å²) < 4.78 is 0. The van der Waals surface area contributed by atoms with Crippen LogP contribution in [0.5, 0.6) is 0 Å². The number of thiophene rings is 1. The van der Waals surface area contributed by atoms with Crippen LogP contribution in [-0.2, 0) is 17.8 Å². The molecule has 3 nitrogen and oxygen atoms in total. The molecule has 0 atom stereocenters. The molecule has 0 aromatic carbocycles. The molecule has 2 heterocycles. The Balaban J connectivity index is 1.89. The second-order valence-electron chi connectivity index (χ2n) is 3.74. The van der Waals surface area contributed by atoms with E-state index in [9.17, 15) is 4.79 Å². The maximum atomic E-state index is 11.8. The van der Waals surface area contributed by atoms with Crippen LogP contribution in [0.15, 0.2) is 11.4 Å². The van der Waals surface area contributed by atoms with E-state index in [-0.39, 0.29) is 5.91 Å². The number of terminal acetylenes is 1. The van der Waals surface area contributed by atoms with Crippen LogP contribution in [0.25, 0.3) is 0 Å². The molecular formula is C12H14N2OS. The van der Waals surface area contributed by atoms with Gasteiger partial charge in [0.15, 0.2) is 0 Å². The van der Waals surface area contributed by atoms with Gasteiger partial charge in [0.2, 0.25) is 5.91 Å². The van der Waals surface area contributed by atoms with E-state index in [4.69, 9.17) is 6.42 Å². The van der Waals surface area contributed by atoms with Gasteiger partial charge in [-0.3, -0.25) is 10.1 Å². The predicted molar refractivity (Wildman–Crippen MR) is 65.1 cm³/mol. The molecule has 0 bridgehead atoms. The van der Waals surface area contributed by atoms with Crippen molar-refractivity contribution < 1.29 is 4.79 Å². The highest BCUT2D eigenvalue weighted by molar-refractivity contribution is 7.10. The summed E-state index contributed by atoms with van der Waals surface area (Å²) >= 11 is 1.78. The molecule has 2 rings (SSSR count). The molecule has 0 unspecified atom stereocenters. The van der Waals surface area contributed by atoms with E-state index in [1.807, 2.05) is 4.90 Å². The molecule has 0 aliphatic carbocycles. The maximum Gasteiger partial charge on any atom is 0.236 e. The van der Waals surface area contributed by atoms with Crippen LogP contribution in [0.3, 0.4) is 0 Å². The lowest BCUT2D eigenvalue weighted by atomic mass is 10.1. The SMILES string of the molecule is C#CCNCC(=O)N1CCc2sccc2C1. The van der Waals surface area contributed by atoms with Crippen LogP contribution < -0.4 is 5.32 Å². The lowest BCUT2D eigenvalue weighted by molar-refractivity contribution is -0.131. The molecule has 1 aliphatic rings. The highest BCUT2D eigenvalue weighted by atomic mass is 32.1. The van der Waals surface area contributed by atoms with E-state index in [0.717, 1.165) is 19.5 Å². The summed E-state index contributed by atoms with van der Waals surface area (Å²) in [4.78, 5) is 15.1. The number of carbonyl (C=O) groups excluding carboxylic acids is 1. The van der Waals surface area contributed by atoms with Crippen LogP contribution in [0.4, 0.5) is 0 Å². The zero-order valence-corrected chi connectivity index (χ0v) is 9.85. The van der Waals surface area contributed by atoms with Crippen LogP contribution in [0.2, 0.25) is 0 Å². The topological polar surface area (TPSA) is 32.3 Å². The third-order valence-electron chi connectivity index (χ3n) is 2.66. The van der Waals surface area contributed by atoms with Gasteiger partial charge in [0.05, 0.1) is 13.1 Å². The van der Waals surface area contributed by atoms with Crippen molar-refractivity contribution in [2.75, 3.05) is 19.6 Å². The van der Waals surface area contributed by atoms with Gasteiger partial charge in [-0.2, -0.15) is 0 Å². The predicted octanol–water partition coefficient (Wildman–Crippen LogP) is 0.856. The number of nitrogens with one attached hydrogen (secondary N) is 1. The third-order valence-corrected chi connectivity index (χ3v) is 3.69. The van der Waals surface area contributed by atoms with Gasteiger partial charge in [-0.25, -0.2) is 0 Å². The monoisotopic (exact) mass is 234 g/mol. The molecule has 1 aromatic rings. The highest BCUT2D eigenvalue weighted by Gasteiger charge is 2.20.